The van der Waals surface area contributed by atoms with Crippen LogP contribution in [0.2, 0.25) is 0 Å². The Morgan fingerprint density at radius 3 is 1.91 bits per heavy atom. The van der Waals surface area contributed by atoms with Crippen LogP contribution >= 0.6 is 0 Å². The Labute approximate surface area is 275 Å². The van der Waals surface area contributed by atoms with Crippen LogP contribution in [0.15, 0.2) is 109 Å². The van der Waals surface area contributed by atoms with Crippen LogP contribution in [-0.4, -0.2) is 48.5 Å². The van der Waals surface area contributed by atoms with E-state index in [0.717, 1.165) is 50.5 Å². The fourth-order valence-corrected chi connectivity index (χ4v) is 7.53. The van der Waals surface area contributed by atoms with E-state index in [0.29, 0.717) is 11.8 Å². The zero-order valence-corrected chi connectivity index (χ0v) is 27.9. The van der Waals surface area contributed by atoms with Gasteiger partial charge in [-0.2, -0.15) is 5.12 Å². The number of methoxy groups -OCH3 is 2. The van der Waals surface area contributed by atoms with Crippen LogP contribution < -0.4 is 14.8 Å². The Morgan fingerprint density at radius 1 is 0.674 bits per heavy atom. The second-order valence-corrected chi connectivity index (χ2v) is 13.1. The number of benzene rings is 4. The minimum atomic E-state index is 0.130. The number of nitrogens with zero attached hydrogens (tertiary/aromatic N) is 3. The number of piperidine rings is 2. The van der Waals surface area contributed by atoms with Crippen molar-refractivity contribution < 1.29 is 9.47 Å². The number of hydrogen-bond donors (Lipinski definition) is 1. The summed E-state index contributed by atoms with van der Waals surface area (Å²) in [6, 6.07) is 39.7. The molecule has 0 aromatic heterocycles. The van der Waals surface area contributed by atoms with Crippen molar-refractivity contribution in [2.24, 2.45) is 11.8 Å². The van der Waals surface area contributed by atoms with Crippen LogP contribution in [0.4, 0.5) is 0 Å². The first-order valence-corrected chi connectivity index (χ1v) is 16.9. The molecule has 2 aliphatic heterocycles. The summed E-state index contributed by atoms with van der Waals surface area (Å²) in [5, 5.41) is 12.0. The van der Waals surface area contributed by atoms with Gasteiger partial charge in [0.25, 0.3) is 0 Å². The highest BCUT2D eigenvalue weighted by atomic mass is 16.5. The highest BCUT2D eigenvalue weighted by molar-refractivity contribution is 5.34. The Bertz CT molecular complexity index is 1520. The summed E-state index contributed by atoms with van der Waals surface area (Å²) < 4.78 is 11.7. The molecular formula is C40H50N4O2. The number of hydrogen-bond acceptors (Lipinski definition) is 6. The lowest BCUT2D eigenvalue weighted by atomic mass is 9.83. The lowest BCUT2D eigenvalue weighted by Gasteiger charge is -2.55. The second-order valence-electron chi connectivity index (χ2n) is 13.1. The lowest BCUT2D eigenvalue weighted by molar-refractivity contribution is -0.255. The maximum Gasteiger partial charge on any atom is 0.123 e. The zero-order chi connectivity index (χ0) is 31.9. The first kappa shape index (κ1) is 32.3. The number of ether oxygens (including phenoxy) is 2. The van der Waals surface area contributed by atoms with E-state index >= 15 is 0 Å². The Balaban J connectivity index is 1.43. The maximum atomic E-state index is 5.92. The van der Waals surface area contributed by atoms with Gasteiger partial charge in [-0.25, -0.2) is 10.0 Å². The first-order valence-electron chi connectivity index (χ1n) is 16.9. The molecule has 0 bridgehead atoms. The molecule has 4 aromatic rings. The van der Waals surface area contributed by atoms with Crippen molar-refractivity contribution in [2.45, 2.75) is 64.3 Å². The molecule has 5 atom stereocenters. The summed E-state index contributed by atoms with van der Waals surface area (Å²) in [6.07, 6.45) is 3.39. The van der Waals surface area contributed by atoms with Gasteiger partial charge in [-0.3, -0.25) is 0 Å². The third-order valence-corrected chi connectivity index (χ3v) is 10.1. The molecule has 5 unspecified atom stereocenters. The molecule has 0 saturated carbocycles. The predicted molar refractivity (Wildman–Crippen MR) is 186 cm³/mol. The van der Waals surface area contributed by atoms with E-state index in [2.05, 4.69) is 137 Å². The average molecular weight is 619 g/mol. The quantitative estimate of drug-likeness (QED) is 0.183. The van der Waals surface area contributed by atoms with Crippen molar-refractivity contribution in [1.29, 1.82) is 0 Å². The molecule has 0 amide bonds. The summed E-state index contributed by atoms with van der Waals surface area (Å²) in [4.78, 5) is 0. The molecule has 0 spiro atoms. The van der Waals surface area contributed by atoms with Crippen molar-refractivity contribution in [3.05, 3.63) is 131 Å². The van der Waals surface area contributed by atoms with Crippen LogP contribution in [0.25, 0.3) is 0 Å². The van der Waals surface area contributed by atoms with Crippen molar-refractivity contribution >= 4 is 0 Å². The normalized spacial score (nSPS) is 24.2. The molecule has 0 aliphatic carbocycles. The highest BCUT2D eigenvalue weighted by Gasteiger charge is 2.43. The largest absolute Gasteiger partial charge is 0.496 e. The van der Waals surface area contributed by atoms with Crippen LogP contribution in [0.3, 0.4) is 0 Å². The smallest absolute Gasteiger partial charge is 0.123 e. The highest BCUT2D eigenvalue weighted by Crippen LogP contribution is 2.42. The zero-order valence-electron chi connectivity index (χ0n) is 27.9. The molecule has 46 heavy (non-hydrogen) atoms. The van der Waals surface area contributed by atoms with Crippen LogP contribution in [0, 0.1) is 11.8 Å². The van der Waals surface area contributed by atoms with E-state index in [1.807, 2.05) is 6.07 Å². The van der Waals surface area contributed by atoms with E-state index in [-0.39, 0.29) is 18.1 Å². The molecule has 4 aromatic carbocycles. The van der Waals surface area contributed by atoms with E-state index in [4.69, 9.17) is 9.47 Å². The molecule has 6 nitrogen and oxygen atoms in total. The van der Waals surface area contributed by atoms with Gasteiger partial charge in [-0.1, -0.05) is 111 Å². The number of rotatable bonds is 11. The third-order valence-electron chi connectivity index (χ3n) is 10.1. The van der Waals surface area contributed by atoms with Crippen molar-refractivity contribution in [3.8, 4) is 11.5 Å². The van der Waals surface area contributed by atoms with Gasteiger partial charge in [0.05, 0.1) is 32.8 Å². The van der Waals surface area contributed by atoms with Crippen LogP contribution in [0.1, 0.15) is 67.4 Å². The molecule has 2 heterocycles. The van der Waals surface area contributed by atoms with Gasteiger partial charge in [-0.05, 0) is 54.4 Å². The molecule has 2 saturated heterocycles. The molecule has 1 N–H and O–H groups in total. The molecule has 2 aliphatic rings. The summed E-state index contributed by atoms with van der Waals surface area (Å²) in [5.41, 5.74) is 5.09. The van der Waals surface area contributed by atoms with E-state index in [1.165, 1.54) is 28.7 Å². The minimum Gasteiger partial charge on any atom is -0.496 e. The summed E-state index contributed by atoms with van der Waals surface area (Å²) in [7, 11) is 3.54. The van der Waals surface area contributed by atoms with E-state index < -0.39 is 0 Å². The summed E-state index contributed by atoms with van der Waals surface area (Å²) in [5.74, 6) is 3.01. The standard InChI is InChI=1S/C40H50N4O2/c1-30-23-25-42(36(27-30)32-15-7-5-8-16-32)44(29-35-20-12-14-22-38(35)46-4)43-26-24-31(2)39(40(43)33-17-9-6-10-18-33)41-28-34-19-11-13-21-37(34)45-3/h5-22,30-31,36,39-41H,23-29H2,1-4H3. The molecule has 242 valence electrons. The monoisotopic (exact) mass is 618 g/mol. The average Bonchev–Trinajstić information content (AvgIpc) is 3.11. The van der Waals surface area contributed by atoms with Gasteiger partial charge >= 0.3 is 0 Å². The third kappa shape index (κ3) is 7.16. The van der Waals surface area contributed by atoms with Gasteiger partial charge in [0.2, 0.25) is 0 Å². The second kappa shape index (κ2) is 15.3. The minimum absolute atomic E-state index is 0.130. The molecular weight excluding hydrogens is 568 g/mol. The van der Waals surface area contributed by atoms with Crippen molar-refractivity contribution in [2.75, 3.05) is 27.3 Å². The van der Waals surface area contributed by atoms with Crippen LogP contribution in [-0.2, 0) is 13.1 Å². The fraction of sp³-hybridized carbons (Fsp3) is 0.400. The van der Waals surface area contributed by atoms with Gasteiger partial charge in [0.1, 0.15) is 11.5 Å². The molecule has 2 fully saturated rings. The molecule has 0 radical (unpaired) electrons. The summed E-state index contributed by atoms with van der Waals surface area (Å²) in [6.45, 7) is 8.27. The van der Waals surface area contributed by atoms with Crippen molar-refractivity contribution in [1.82, 2.24) is 20.5 Å². The number of hydrazine groups is 2. The van der Waals surface area contributed by atoms with Crippen LogP contribution in [0.5, 0.6) is 11.5 Å². The van der Waals surface area contributed by atoms with Crippen molar-refractivity contribution in [3.63, 3.8) is 0 Å². The van der Waals surface area contributed by atoms with Gasteiger partial charge < -0.3 is 14.8 Å². The predicted octanol–water partition coefficient (Wildman–Crippen LogP) is 8.05. The molecule has 6 heteroatoms. The fourth-order valence-electron chi connectivity index (χ4n) is 7.53. The summed E-state index contributed by atoms with van der Waals surface area (Å²) >= 11 is 0. The Kier molecular flexibility index (Phi) is 10.7. The van der Waals surface area contributed by atoms with E-state index in [1.54, 1.807) is 14.2 Å². The van der Waals surface area contributed by atoms with Gasteiger partial charge in [0.15, 0.2) is 0 Å². The van der Waals surface area contributed by atoms with Gasteiger partial charge in [-0.15, -0.1) is 0 Å². The topological polar surface area (TPSA) is 40.2 Å². The maximum absolute atomic E-state index is 5.92. The lowest BCUT2D eigenvalue weighted by Crippen LogP contribution is -2.62. The van der Waals surface area contributed by atoms with Gasteiger partial charge in [0, 0.05) is 36.8 Å². The Morgan fingerprint density at radius 2 is 1.24 bits per heavy atom. The van der Waals surface area contributed by atoms with E-state index in [9.17, 15) is 0 Å². The number of nitrogens with one attached hydrogen (secondary N) is 1. The number of para-hydroxylation sites is 2. The Hall–Kier alpha value is -3.68. The first-order chi connectivity index (χ1) is 22.6. The molecule has 6 rings (SSSR count). The SMILES string of the molecule is COc1ccccc1CNC1C(C)CCN(N(Cc2ccccc2OC)N2CCC(C)CC2c2ccccc2)C1c1ccccc1.